The van der Waals surface area contributed by atoms with Gasteiger partial charge in [-0.25, -0.2) is 4.79 Å². The van der Waals surface area contributed by atoms with Gasteiger partial charge in [0, 0.05) is 12.6 Å². The number of benzene rings is 1. The van der Waals surface area contributed by atoms with Crippen molar-refractivity contribution in [2.45, 2.75) is 26.3 Å². The van der Waals surface area contributed by atoms with E-state index in [1.807, 2.05) is 0 Å². The SMILES string of the molecule is CC(C)N(CCC(=O)O)C(=O)Nc1c(Cl)cccc1Cl. The number of carboxylic acids is 1. The maximum Gasteiger partial charge on any atom is 0.322 e. The number of rotatable bonds is 5. The predicted molar refractivity (Wildman–Crippen MR) is 79.6 cm³/mol. The van der Waals surface area contributed by atoms with Crippen LogP contribution in [0.5, 0.6) is 0 Å². The minimum atomic E-state index is -0.959. The van der Waals surface area contributed by atoms with Crippen molar-refractivity contribution in [3.05, 3.63) is 28.2 Å². The van der Waals surface area contributed by atoms with Crippen molar-refractivity contribution in [3.8, 4) is 0 Å². The summed E-state index contributed by atoms with van der Waals surface area (Å²) in [5, 5.41) is 12.0. The van der Waals surface area contributed by atoms with Gasteiger partial charge in [0.2, 0.25) is 0 Å². The molecule has 0 radical (unpaired) electrons. The second-order valence-electron chi connectivity index (χ2n) is 4.46. The molecule has 1 aromatic carbocycles. The molecule has 7 heteroatoms. The zero-order chi connectivity index (χ0) is 15.3. The number of urea groups is 1. The fourth-order valence-electron chi connectivity index (χ4n) is 1.61. The molecule has 0 aliphatic carbocycles. The fourth-order valence-corrected chi connectivity index (χ4v) is 2.10. The first-order valence-electron chi connectivity index (χ1n) is 6.06. The highest BCUT2D eigenvalue weighted by atomic mass is 35.5. The van der Waals surface area contributed by atoms with Crippen LogP contribution >= 0.6 is 23.2 Å². The lowest BCUT2D eigenvalue weighted by Gasteiger charge is -2.26. The van der Waals surface area contributed by atoms with E-state index in [4.69, 9.17) is 28.3 Å². The van der Waals surface area contributed by atoms with Gasteiger partial charge < -0.3 is 15.3 Å². The number of amides is 2. The molecule has 0 saturated heterocycles. The van der Waals surface area contributed by atoms with Crippen LogP contribution in [0.3, 0.4) is 0 Å². The predicted octanol–water partition coefficient (Wildman–Crippen LogP) is 3.71. The molecule has 110 valence electrons. The van der Waals surface area contributed by atoms with E-state index in [0.29, 0.717) is 15.7 Å². The minimum absolute atomic E-state index is 0.112. The van der Waals surface area contributed by atoms with Crippen LogP contribution in [-0.2, 0) is 4.79 Å². The zero-order valence-electron chi connectivity index (χ0n) is 11.2. The van der Waals surface area contributed by atoms with E-state index in [1.54, 1.807) is 32.0 Å². The number of carbonyl (C=O) groups is 2. The zero-order valence-corrected chi connectivity index (χ0v) is 12.7. The molecule has 1 aromatic rings. The number of hydrogen-bond donors (Lipinski definition) is 2. The molecule has 0 bridgehead atoms. The highest BCUT2D eigenvalue weighted by Crippen LogP contribution is 2.30. The van der Waals surface area contributed by atoms with Crippen LogP contribution in [0, 0.1) is 0 Å². The third kappa shape index (κ3) is 4.58. The van der Waals surface area contributed by atoms with Gasteiger partial charge >= 0.3 is 12.0 Å². The summed E-state index contributed by atoms with van der Waals surface area (Å²) in [4.78, 5) is 24.2. The summed E-state index contributed by atoms with van der Waals surface area (Å²) in [5.41, 5.74) is 0.321. The Kier molecular flexibility index (Phi) is 6.10. The summed E-state index contributed by atoms with van der Waals surface area (Å²) in [6, 6.07) is 4.32. The second kappa shape index (κ2) is 7.36. The summed E-state index contributed by atoms with van der Waals surface area (Å²) in [6.07, 6.45) is -0.123. The van der Waals surface area contributed by atoms with E-state index in [2.05, 4.69) is 5.32 Å². The van der Waals surface area contributed by atoms with E-state index >= 15 is 0 Å². The number of carboxylic acid groups (broad SMARTS) is 1. The van der Waals surface area contributed by atoms with Gasteiger partial charge in [0.05, 0.1) is 22.2 Å². The Balaban J connectivity index is 2.83. The number of halogens is 2. The molecule has 0 spiro atoms. The molecule has 0 fully saturated rings. The maximum atomic E-state index is 12.2. The first-order valence-corrected chi connectivity index (χ1v) is 6.82. The van der Waals surface area contributed by atoms with E-state index in [-0.39, 0.29) is 19.0 Å². The summed E-state index contributed by atoms with van der Waals surface area (Å²) < 4.78 is 0. The highest BCUT2D eigenvalue weighted by Gasteiger charge is 2.19. The Morgan fingerprint density at radius 1 is 1.30 bits per heavy atom. The Morgan fingerprint density at radius 2 is 1.85 bits per heavy atom. The van der Waals surface area contributed by atoms with Gasteiger partial charge in [-0.05, 0) is 26.0 Å². The molecule has 5 nitrogen and oxygen atoms in total. The van der Waals surface area contributed by atoms with Crippen molar-refractivity contribution in [1.29, 1.82) is 0 Å². The van der Waals surface area contributed by atoms with Crippen LogP contribution < -0.4 is 5.32 Å². The highest BCUT2D eigenvalue weighted by molar-refractivity contribution is 6.39. The average Bonchev–Trinajstić information content (AvgIpc) is 2.33. The molecule has 0 heterocycles. The molecule has 0 aliphatic heterocycles. The molecule has 0 atom stereocenters. The Bertz CT molecular complexity index is 486. The van der Waals surface area contributed by atoms with Gasteiger partial charge in [-0.2, -0.15) is 0 Å². The van der Waals surface area contributed by atoms with Crippen molar-refractivity contribution in [1.82, 2.24) is 4.90 Å². The van der Waals surface area contributed by atoms with E-state index in [1.165, 1.54) is 4.90 Å². The summed E-state index contributed by atoms with van der Waals surface area (Å²) in [7, 11) is 0. The van der Waals surface area contributed by atoms with Gasteiger partial charge in [-0.3, -0.25) is 4.79 Å². The minimum Gasteiger partial charge on any atom is -0.481 e. The van der Waals surface area contributed by atoms with Crippen molar-refractivity contribution >= 4 is 40.9 Å². The van der Waals surface area contributed by atoms with Crippen molar-refractivity contribution in [3.63, 3.8) is 0 Å². The van der Waals surface area contributed by atoms with Crippen LogP contribution in [0.4, 0.5) is 10.5 Å². The third-order valence-corrected chi connectivity index (χ3v) is 3.28. The topological polar surface area (TPSA) is 69.6 Å². The van der Waals surface area contributed by atoms with Crippen LogP contribution in [0.2, 0.25) is 10.0 Å². The molecule has 2 amide bonds. The number of anilines is 1. The van der Waals surface area contributed by atoms with Gasteiger partial charge in [0.1, 0.15) is 0 Å². The van der Waals surface area contributed by atoms with Gasteiger partial charge in [-0.1, -0.05) is 29.3 Å². The smallest absolute Gasteiger partial charge is 0.322 e. The normalized spacial score (nSPS) is 10.4. The van der Waals surface area contributed by atoms with E-state index in [9.17, 15) is 9.59 Å². The molecule has 0 aliphatic rings. The van der Waals surface area contributed by atoms with Crippen LogP contribution in [0.1, 0.15) is 20.3 Å². The molecular weight excluding hydrogens is 303 g/mol. The lowest BCUT2D eigenvalue weighted by molar-refractivity contribution is -0.137. The second-order valence-corrected chi connectivity index (χ2v) is 5.27. The third-order valence-electron chi connectivity index (χ3n) is 2.65. The van der Waals surface area contributed by atoms with Crippen molar-refractivity contribution in [2.24, 2.45) is 0 Å². The monoisotopic (exact) mass is 318 g/mol. The molecule has 1 rings (SSSR count). The summed E-state index contributed by atoms with van der Waals surface area (Å²) in [5.74, 6) is -0.959. The number of nitrogens with zero attached hydrogens (tertiary/aromatic N) is 1. The summed E-state index contributed by atoms with van der Waals surface area (Å²) >= 11 is 11.9. The molecule has 0 aromatic heterocycles. The number of para-hydroxylation sites is 1. The van der Waals surface area contributed by atoms with Crippen molar-refractivity contribution < 1.29 is 14.7 Å². The molecule has 0 unspecified atom stereocenters. The van der Waals surface area contributed by atoms with Crippen LogP contribution in [-0.4, -0.2) is 34.6 Å². The number of nitrogens with one attached hydrogen (secondary N) is 1. The van der Waals surface area contributed by atoms with Crippen LogP contribution in [0.15, 0.2) is 18.2 Å². The number of aliphatic carboxylic acids is 1. The summed E-state index contributed by atoms with van der Waals surface area (Å²) in [6.45, 7) is 3.71. The first-order chi connectivity index (χ1) is 9.32. The first kappa shape index (κ1) is 16.6. The van der Waals surface area contributed by atoms with Crippen LogP contribution in [0.25, 0.3) is 0 Å². The van der Waals surface area contributed by atoms with Gasteiger partial charge in [0.15, 0.2) is 0 Å². The molecular formula is C13H16Cl2N2O3. The molecule has 2 N–H and O–H groups in total. The quantitative estimate of drug-likeness (QED) is 0.869. The Labute approximate surface area is 127 Å². The molecule has 0 saturated carbocycles. The number of hydrogen-bond acceptors (Lipinski definition) is 2. The van der Waals surface area contributed by atoms with Gasteiger partial charge in [0.25, 0.3) is 0 Å². The number of carbonyl (C=O) groups excluding carboxylic acids is 1. The van der Waals surface area contributed by atoms with Crippen molar-refractivity contribution in [2.75, 3.05) is 11.9 Å². The maximum absolute atomic E-state index is 12.2. The largest absolute Gasteiger partial charge is 0.481 e. The fraction of sp³-hybridized carbons (Fsp3) is 0.385. The Hall–Kier alpha value is -1.46. The average molecular weight is 319 g/mol. The Morgan fingerprint density at radius 3 is 2.30 bits per heavy atom. The lowest BCUT2D eigenvalue weighted by Crippen LogP contribution is -2.41. The van der Waals surface area contributed by atoms with Gasteiger partial charge in [-0.15, -0.1) is 0 Å². The van der Waals surface area contributed by atoms with E-state index in [0.717, 1.165) is 0 Å². The lowest BCUT2D eigenvalue weighted by atomic mass is 10.3. The molecule has 20 heavy (non-hydrogen) atoms. The standard InChI is InChI=1S/C13H16Cl2N2O3/c1-8(2)17(7-6-11(18)19)13(20)16-12-9(14)4-3-5-10(12)15/h3-5,8H,6-7H2,1-2H3,(H,16,20)(H,18,19). The van der Waals surface area contributed by atoms with E-state index < -0.39 is 12.0 Å².